The highest BCUT2D eigenvalue weighted by Crippen LogP contribution is 2.31. The highest BCUT2D eigenvalue weighted by atomic mass is 19.1. The monoisotopic (exact) mass is 445 g/mol. The zero-order chi connectivity index (χ0) is 22.1. The summed E-state index contributed by atoms with van der Waals surface area (Å²) >= 11 is 0. The first kappa shape index (κ1) is 20.8. The highest BCUT2D eigenvalue weighted by molar-refractivity contribution is 5.66. The Kier molecular flexibility index (Phi) is 5.75. The number of anilines is 2. The van der Waals surface area contributed by atoms with Gasteiger partial charge in [-0.1, -0.05) is 0 Å². The van der Waals surface area contributed by atoms with Gasteiger partial charge in [0.1, 0.15) is 11.4 Å². The number of morpholine rings is 1. The molecule has 2 aliphatic heterocycles. The van der Waals surface area contributed by atoms with Gasteiger partial charge in [0.25, 0.3) is 0 Å². The summed E-state index contributed by atoms with van der Waals surface area (Å²) in [5.74, 6) is -0.309. The fraction of sp³-hybridized carbons (Fsp3) is 0.476. The lowest BCUT2D eigenvalue weighted by Gasteiger charge is -2.28. The molecule has 170 valence electrons. The summed E-state index contributed by atoms with van der Waals surface area (Å²) in [5, 5.41) is 11.0. The Balaban J connectivity index is 1.55. The maximum atomic E-state index is 14.8. The van der Waals surface area contributed by atoms with Gasteiger partial charge in [0.2, 0.25) is 0 Å². The van der Waals surface area contributed by atoms with E-state index in [1.807, 2.05) is 4.90 Å². The van der Waals surface area contributed by atoms with Gasteiger partial charge in [0, 0.05) is 37.8 Å². The summed E-state index contributed by atoms with van der Waals surface area (Å²) in [6, 6.07) is 2.63. The highest BCUT2D eigenvalue weighted by Gasteiger charge is 2.23. The lowest BCUT2D eigenvalue weighted by Crippen LogP contribution is -2.38. The van der Waals surface area contributed by atoms with Crippen molar-refractivity contribution in [2.75, 3.05) is 56.7 Å². The molecule has 5 heterocycles. The van der Waals surface area contributed by atoms with E-state index in [1.165, 1.54) is 10.7 Å². The first-order valence-electron chi connectivity index (χ1n) is 10.7. The number of hydrogen-bond donors (Lipinski definition) is 2. The van der Waals surface area contributed by atoms with Crippen molar-refractivity contribution in [3.05, 3.63) is 30.0 Å². The van der Waals surface area contributed by atoms with Crippen LogP contribution in [0.2, 0.25) is 0 Å². The molecule has 2 saturated heterocycles. The van der Waals surface area contributed by atoms with Gasteiger partial charge >= 0.3 is 0 Å². The average Bonchev–Trinajstić information content (AvgIpc) is 3.24. The van der Waals surface area contributed by atoms with Gasteiger partial charge in [-0.15, -0.1) is 5.10 Å². The zero-order valence-corrected chi connectivity index (χ0v) is 17.8. The third-order valence-corrected chi connectivity index (χ3v) is 5.78. The minimum absolute atomic E-state index is 0.0178. The van der Waals surface area contributed by atoms with Crippen LogP contribution in [0.5, 0.6) is 5.75 Å². The van der Waals surface area contributed by atoms with E-state index in [9.17, 15) is 8.78 Å². The smallest absolute Gasteiger partial charge is 0.192 e. The molecular weight excluding hydrogens is 420 g/mol. The van der Waals surface area contributed by atoms with Gasteiger partial charge < -0.3 is 25.0 Å². The largest absolute Gasteiger partial charge is 0.493 e. The van der Waals surface area contributed by atoms with E-state index in [0.29, 0.717) is 55.8 Å². The third kappa shape index (κ3) is 3.93. The van der Waals surface area contributed by atoms with E-state index in [-0.39, 0.29) is 17.6 Å². The van der Waals surface area contributed by atoms with Gasteiger partial charge in [0.05, 0.1) is 26.5 Å². The van der Waals surface area contributed by atoms with Gasteiger partial charge in [-0.3, -0.25) is 0 Å². The van der Waals surface area contributed by atoms with Gasteiger partial charge in [-0.25, -0.2) is 23.3 Å². The summed E-state index contributed by atoms with van der Waals surface area (Å²) in [5.41, 5.74) is 0.792. The molecule has 0 radical (unpaired) electrons. The molecule has 2 fully saturated rings. The van der Waals surface area contributed by atoms with Crippen molar-refractivity contribution in [3.63, 3.8) is 0 Å². The number of nitrogens with one attached hydrogen (secondary N) is 2. The van der Waals surface area contributed by atoms with Crippen LogP contribution in [-0.2, 0) is 4.74 Å². The summed E-state index contributed by atoms with van der Waals surface area (Å²) in [6.45, 7) is 4.12. The molecule has 0 aromatic carbocycles. The van der Waals surface area contributed by atoms with Crippen LogP contribution in [0.4, 0.5) is 20.4 Å². The second kappa shape index (κ2) is 8.83. The summed E-state index contributed by atoms with van der Waals surface area (Å²) in [6.07, 6.45) is 3.36. The van der Waals surface area contributed by atoms with Gasteiger partial charge in [-0.2, -0.15) is 0 Å². The van der Waals surface area contributed by atoms with Crippen LogP contribution >= 0.6 is 0 Å². The molecule has 3 aromatic rings. The van der Waals surface area contributed by atoms with Crippen molar-refractivity contribution in [1.29, 1.82) is 0 Å². The average molecular weight is 445 g/mol. The second-order valence-corrected chi connectivity index (χ2v) is 7.89. The second-order valence-electron chi connectivity index (χ2n) is 7.89. The molecular formula is C21H25F2N7O2. The molecule has 0 amide bonds. The minimum Gasteiger partial charge on any atom is -0.493 e. The molecule has 1 atom stereocenters. The molecule has 0 bridgehead atoms. The maximum absolute atomic E-state index is 14.8. The van der Waals surface area contributed by atoms with Crippen molar-refractivity contribution < 1.29 is 18.3 Å². The number of imidazole rings is 1. The lowest BCUT2D eigenvalue weighted by molar-refractivity contribution is 0.122. The van der Waals surface area contributed by atoms with Crippen LogP contribution in [0, 0.1) is 11.6 Å². The summed E-state index contributed by atoms with van der Waals surface area (Å²) in [7, 11) is 1.57. The Bertz CT molecular complexity index is 1110. The molecule has 0 unspecified atom stereocenters. The van der Waals surface area contributed by atoms with Crippen molar-refractivity contribution in [2.24, 2.45) is 0 Å². The predicted octanol–water partition coefficient (Wildman–Crippen LogP) is 2.08. The first-order chi connectivity index (χ1) is 15.6. The summed E-state index contributed by atoms with van der Waals surface area (Å²) in [4.78, 5) is 10.7. The Morgan fingerprint density at radius 3 is 2.81 bits per heavy atom. The Labute approximate surface area is 183 Å². The summed E-state index contributed by atoms with van der Waals surface area (Å²) < 4.78 is 41.8. The number of rotatable bonds is 5. The fourth-order valence-corrected chi connectivity index (χ4v) is 4.11. The van der Waals surface area contributed by atoms with Crippen LogP contribution in [0.1, 0.15) is 12.8 Å². The van der Waals surface area contributed by atoms with Crippen LogP contribution in [0.3, 0.4) is 0 Å². The Morgan fingerprint density at radius 1 is 1.22 bits per heavy atom. The number of hydrogen-bond acceptors (Lipinski definition) is 8. The van der Waals surface area contributed by atoms with Crippen molar-refractivity contribution in [2.45, 2.75) is 18.9 Å². The quantitative estimate of drug-likeness (QED) is 0.617. The van der Waals surface area contributed by atoms with Crippen LogP contribution in [0.15, 0.2) is 18.3 Å². The number of nitrogens with zero attached hydrogens (tertiary/aromatic N) is 5. The molecule has 2 N–H and O–H groups in total. The topological polar surface area (TPSA) is 88.8 Å². The van der Waals surface area contributed by atoms with E-state index in [1.54, 1.807) is 13.2 Å². The SMILES string of the molecule is COc1cc2ncc(-c3nc(N[C@@H]4CCCNC4)c(F)cc3F)n2nc1N1CCOCC1. The lowest BCUT2D eigenvalue weighted by atomic mass is 10.1. The van der Waals surface area contributed by atoms with E-state index in [0.717, 1.165) is 25.5 Å². The molecule has 9 nitrogen and oxygen atoms in total. The van der Waals surface area contributed by atoms with E-state index < -0.39 is 11.6 Å². The van der Waals surface area contributed by atoms with Crippen molar-refractivity contribution in [3.8, 4) is 17.1 Å². The maximum Gasteiger partial charge on any atom is 0.192 e. The Morgan fingerprint density at radius 2 is 2.06 bits per heavy atom. The van der Waals surface area contributed by atoms with E-state index in [4.69, 9.17) is 9.47 Å². The van der Waals surface area contributed by atoms with Crippen molar-refractivity contribution in [1.82, 2.24) is 24.9 Å². The number of pyridine rings is 1. The number of piperidine rings is 1. The van der Waals surface area contributed by atoms with E-state index >= 15 is 0 Å². The number of halogens is 2. The van der Waals surface area contributed by atoms with Crippen LogP contribution < -0.4 is 20.3 Å². The standard InChI is InChI=1S/C21H25F2N7O2/c1-31-17-10-18-25-12-16(30(18)28-21(17)29-5-7-32-8-6-29)19-14(22)9-15(23)20(27-19)26-13-3-2-4-24-11-13/h9-10,12-13,24H,2-8,11H2,1H3,(H,26,27)/t13-/m1/s1. The third-order valence-electron chi connectivity index (χ3n) is 5.78. The molecule has 2 aliphatic rings. The van der Waals surface area contributed by atoms with Crippen molar-refractivity contribution >= 4 is 17.3 Å². The minimum atomic E-state index is -0.776. The fourth-order valence-electron chi connectivity index (χ4n) is 4.11. The number of fused-ring (bicyclic) bond motifs is 1. The van der Waals surface area contributed by atoms with Gasteiger partial charge in [-0.05, 0) is 19.4 Å². The first-order valence-corrected chi connectivity index (χ1v) is 10.7. The number of aromatic nitrogens is 4. The molecule has 11 heteroatoms. The number of ether oxygens (including phenoxy) is 2. The molecule has 0 saturated carbocycles. The van der Waals surface area contributed by atoms with Crippen LogP contribution in [-0.4, -0.2) is 72.1 Å². The number of methoxy groups -OCH3 is 1. The molecule has 0 spiro atoms. The normalized spacial score (nSPS) is 19.3. The molecule has 3 aromatic heterocycles. The van der Waals surface area contributed by atoms with E-state index in [2.05, 4.69) is 25.7 Å². The zero-order valence-electron chi connectivity index (χ0n) is 17.8. The predicted molar refractivity (Wildman–Crippen MR) is 115 cm³/mol. The van der Waals surface area contributed by atoms with Crippen LogP contribution in [0.25, 0.3) is 17.0 Å². The molecule has 0 aliphatic carbocycles. The molecule has 5 rings (SSSR count). The Hall–Kier alpha value is -3.05. The molecule has 32 heavy (non-hydrogen) atoms. The van der Waals surface area contributed by atoms with Gasteiger partial charge in [0.15, 0.2) is 34.7 Å².